The molecule has 0 radical (unpaired) electrons. The van der Waals surface area contributed by atoms with E-state index in [1.54, 1.807) is 0 Å². The van der Waals surface area contributed by atoms with Gasteiger partial charge in [0.05, 0.1) is 0 Å². The van der Waals surface area contributed by atoms with Gasteiger partial charge in [-0.2, -0.15) is 0 Å². The van der Waals surface area contributed by atoms with Crippen LogP contribution in [-0.2, 0) is 0 Å². The summed E-state index contributed by atoms with van der Waals surface area (Å²) in [6, 6.07) is 0. The van der Waals surface area contributed by atoms with Gasteiger partial charge >= 0.3 is 51.4 Å². The van der Waals surface area contributed by atoms with Gasteiger partial charge in [-0.1, -0.05) is 51.9 Å². The van der Waals surface area contributed by atoms with Crippen molar-refractivity contribution in [3.05, 3.63) is 0 Å². The van der Waals surface area contributed by atoms with Crippen LogP contribution in [0, 0.1) is 5.92 Å². The van der Waals surface area contributed by atoms with Crippen molar-refractivity contribution < 1.29 is 56.5 Å². The second kappa shape index (κ2) is 11.6. The van der Waals surface area contributed by atoms with Crippen LogP contribution in [0.4, 0.5) is 0 Å². The molecule has 0 N–H and O–H groups in total. The summed E-state index contributed by atoms with van der Waals surface area (Å²) in [4.78, 5) is 0. The van der Waals surface area contributed by atoms with Crippen LogP contribution < -0.4 is 56.5 Å². The van der Waals surface area contributed by atoms with E-state index in [0.717, 1.165) is 6.42 Å². The van der Waals surface area contributed by atoms with Gasteiger partial charge in [0.25, 0.3) is 0 Å². The molecule has 1 nitrogen and oxygen atoms in total. The molecule has 0 rings (SSSR count). The van der Waals surface area contributed by atoms with Gasteiger partial charge in [-0.05, 0) is 0 Å². The summed E-state index contributed by atoms with van der Waals surface area (Å²) < 4.78 is 0. The zero-order valence-electron chi connectivity index (χ0n) is 8.23. The third-order valence-electron chi connectivity index (χ3n) is 1.83. The minimum absolute atomic E-state index is 0. The van der Waals surface area contributed by atoms with Gasteiger partial charge in [0.2, 0.25) is 0 Å². The maximum atomic E-state index is 10.3. The first kappa shape index (κ1) is 15.1. The first-order valence-corrected chi connectivity index (χ1v) is 4.39. The summed E-state index contributed by atoms with van der Waals surface area (Å²) in [7, 11) is 0. The number of hydrogen-bond acceptors (Lipinski definition) is 1. The van der Waals surface area contributed by atoms with E-state index in [1.165, 1.54) is 25.7 Å². The molecule has 0 amide bonds. The normalized spacial score (nSPS) is 12.3. The SMILES string of the molecule is CCCCCCC(C)C[O-].[K+]. The average molecular weight is 182 g/mol. The van der Waals surface area contributed by atoms with Crippen LogP contribution in [-0.4, -0.2) is 6.61 Å². The molecule has 11 heavy (non-hydrogen) atoms. The molecule has 0 saturated carbocycles. The Morgan fingerprint density at radius 1 is 1.18 bits per heavy atom. The fourth-order valence-corrected chi connectivity index (χ4v) is 1.00. The van der Waals surface area contributed by atoms with Crippen LogP contribution in [0.1, 0.15) is 46.0 Å². The predicted octanol–water partition coefficient (Wildman–Crippen LogP) is -1.04. The Morgan fingerprint density at radius 2 is 1.82 bits per heavy atom. The second-order valence-electron chi connectivity index (χ2n) is 3.12. The fraction of sp³-hybridized carbons (Fsp3) is 1.00. The van der Waals surface area contributed by atoms with Gasteiger partial charge in [0.15, 0.2) is 0 Å². The molecular weight excluding hydrogens is 163 g/mol. The van der Waals surface area contributed by atoms with E-state index in [-0.39, 0.29) is 58.0 Å². The molecule has 0 spiro atoms. The summed E-state index contributed by atoms with van der Waals surface area (Å²) in [6.07, 6.45) is 6.29. The Kier molecular flexibility index (Phi) is 15.9. The van der Waals surface area contributed by atoms with Crippen LogP contribution in [0.25, 0.3) is 0 Å². The minimum Gasteiger partial charge on any atom is -0.854 e. The molecule has 0 heterocycles. The number of rotatable bonds is 6. The van der Waals surface area contributed by atoms with Crippen LogP contribution >= 0.6 is 0 Å². The van der Waals surface area contributed by atoms with Gasteiger partial charge in [0.1, 0.15) is 0 Å². The molecule has 0 aromatic rings. The summed E-state index contributed by atoms with van der Waals surface area (Å²) in [5.74, 6) is 0.400. The molecule has 0 aromatic heterocycles. The molecule has 2 heteroatoms. The van der Waals surface area contributed by atoms with Crippen molar-refractivity contribution in [1.29, 1.82) is 0 Å². The van der Waals surface area contributed by atoms with E-state index in [2.05, 4.69) is 6.92 Å². The molecular formula is C9H19KO. The molecule has 62 valence electrons. The van der Waals surface area contributed by atoms with Crippen molar-refractivity contribution in [2.45, 2.75) is 46.0 Å². The minimum atomic E-state index is 0. The van der Waals surface area contributed by atoms with Crippen molar-refractivity contribution in [2.75, 3.05) is 6.61 Å². The number of unbranched alkanes of at least 4 members (excludes halogenated alkanes) is 3. The van der Waals surface area contributed by atoms with E-state index in [0.29, 0.717) is 5.92 Å². The molecule has 0 fully saturated rings. The summed E-state index contributed by atoms with van der Waals surface area (Å²) >= 11 is 0. The molecule has 1 atom stereocenters. The van der Waals surface area contributed by atoms with E-state index in [9.17, 15) is 5.11 Å². The van der Waals surface area contributed by atoms with Crippen molar-refractivity contribution in [2.24, 2.45) is 5.92 Å². The topological polar surface area (TPSA) is 23.1 Å². The van der Waals surface area contributed by atoms with Gasteiger partial charge < -0.3 is 5.11 Å². The van der Waals surface area contributed by atoms with E-state index in [4.69, 9.17) is 0 Å². The maximum Gasteiger partial charge on any atom is 1.00 e. The quantitative estimate of drug-likeness (QED) is 0.380. The second-order valence-corrected chi connectivity index (χ2v) is 3.12. The van der Waals surface area contributed by atoms with E-state index >= 15 is 0 Å². The van der Waals surface area contributed by atoms with Crippen LogP contribution in [0.15, 0.2) is 0 Å². The Morgan fingerprint density at radius 3 is 2.27 bits per heavy atom. The zero-order valence-corrected chi connectivity index (χ0v) is 11.4. The van der Waals surface area contributed by atoms with Crippen molar-refractivity contribution in [1.82, 2.24) is 0 Å². The molecule has 0 aromatic carbocycles. The molecule has 1 unspecified atom stereocenters. The Bertz CT molecular complexity index is 66.6. The van der Waals surface area contributed by atoms with Crippen LogP contribution in [0.5, 0.6) is 0 Å². The molecule has 0 aliphatic heterocycles. The molecule has 0 aliphatic rings. The average Bonchev–Trinajstić information content (AvgIpc) is 1.98. The monoisotopic (exact) mass is 182 g/mol. The molecule has 0 aliphatic carbocycles. The Labute approximate surface area is 113 Å². The smallest absolute Gasteiger partial charge is 0.854 e. The fourth-order valence-electron chi connectivity index (χ4n) is 1.00. The van der Waals surface area contributed by atoms with Crippen molar-refractivity contribution in [3.8, 4) is 0 Å². The van der Waals surface area contributed by atoms with Gasteiger partial charge in [0, 0.05) is 0 Å². The predicted molar refractivity (Wildman–Crippen MR) is 42.8 cm³/mol. The maximum absolute atomic E-state index is 10.3. The molecule has 0 bridgehead atoms. The Hall–Kier alpha value is 1.60. The van der Waals surface area contributed by atoms with Crippen LogP contribution in [0.3, 0.4) is 0 Å². The summed E-state index contributed by atoms with van der Waals surface area (Å²) in [5.41, 5.74) is 0. The van der Waals surface area contributed by atoms with Crippen molar-refractivity contribution in [3.63, 3.8) is 0 Å². The summed E-state index contributed by atoms with van der Waals surface area (Å²) in [6.45, 7) is 4.35. The first-order valence-electron chi connectivity index (χ1n) is 4.39. The largest absolute Gasteiger partial charge is 1.00 e. The van der Waals surface area contributed by atoms with Gasteiger partial charge in [-0.15, -0.1) is 6.61 Å². The third kappa shape index (κ3) is 11.6. The number of hydrogen-bond donors (Lipinski definition) is 0. The van der Waals surface area contributed by atoms with Gasteiger partial charge in [-0.3, -0.25) is 0 Å². The zero-order chi connectivity index (χ0) is 7.82. The van der Waals surface area contributed by atoms with E-state index in [1.807, 2.05) is 6.92 Å². The standard InChI is InChI=1S/C9H19O.K/c1-3-4-5-6-7-9(2)8-10;/h9H,3-8H2,1-2H3;/q-1;+1. The summed E-state index contributed by atoms with van der Waals surface area (Å²) in [5, 5.41) is 10.3. The van der Waals surface area contributed by atoms with E-state index < -0.39 is 0 Å². The third-order valence-corrected chi connectivity index (χ3v) is 1.83. The Balaban J connectivity index is 0. The van der Waals surface area contributed by atoms with Crippen LogP contribution in [0.2, 0.25) is 0 Å². The molecule has 0 saturated heterocycles. The first-order chi connectivity index (χ1) is 4.81. The van der Waals surface area contributed by atoms with Crippen molar-refractivity contribution >= 4 is 0 Å². The van der Waals surface area contributed by atoms with Gasteiger partial charge in [-0.25, -0.2) is 0 Å².